The Hall–Kier alpha value is -0.860. The van der Waals surface area contributed by atoms with Crippen molar-refractivity contribution in [3.63, 3.8) is 0 Å². The van der Waals surface area contributed by atoms with Crippen LogP contribution in [0.3, 0.4) is 0 Å². The maximum absolute atomic E-state index is 11.9. The average molecular weight is 197 g/mol. The second-order valence-corrected chi connectivity index (χ2v) is 5.04. The zero-order valence-corrected chi connectivity index (χ0v) is 9.25. The van der Waals surface area contributed by atoms with Gasteiger partial charge in [0.05, 0.1) is 0 Å². The molecule has 3 heteroatoms. The van der Waals surface area contributed by atoms with Crippen molar-refractivity contribution in [1.29, 1.82) is 0 Å². The smallest absolute Gasteiger partial charge is 0.227 e. The van der Waals surface area contributed by atoms with Crippen molar-refractivity contribution in [1.82, 2.24) is 4.90 Å². The van der Waals surface area contributed by atoms with E-state index in [1.54, 1.807) is 0 Å². The van der Waals surface area contributed by atoms with E-state index < -0.39 is 0 Å². The Bertz CT molecular complexity index is 230. The van der Waals surface area contributed by atoms with Crippen LogP contribution in [0.15, 0.2) is 0 Å². The van der Waals surface area contributed by atoms with Gasteiger partial charge in [-0.3, -0.25) is 4.79 Å². The molecule has 0 N–H and O–H groups in total. The largest absolute Gasteiger partial charge is 0.342 e. The highest BCUT2D eigenvalue weighted by atomic mass is 16.2. The van der Waals surface area contributed by atoms with Gasteiger partial charge >= 0.3 is 0 Å². The summed E-state index contributed by atoms with van der Waals surface area (Å²) in [5.41, 5.74) is -0.329. The van der Waals surface area contributed by atoms with Crippen molar-refractivity contribution in [3.05, 3.63) is 0 Å². The molecule has 0 radical (unpaired) electrons. The number of aldehydes is 1. The molecule has 1 heterocycles. The molecule has 1 amide bonds. The van der Waals surface area contributed by atoms with Crippen LogP contribution >= 0.6 is 0 Å². The van der Waals surface area contributed by atoms with Crippen LogP contribution in [-0.4, -0.2) is 30.2 Å². The van der Waals surface area contributed by atoms with Gasteiger partial charge in [0, 0.05) is 24.4 Å². The second-order valence-electron chi connectivity index (χ2n) is 5.04. The summed E-state index contributed by atoms with van der Waals surface area (Å²) in [5, 5.41) is 0. The van der Waals surface area contributed by atoms with E-state index in [1.165, 1.54) is 0 Å². The van der Waals surface area contributed by atoms with Crippen LogP contribution in [0.2, 0.25) is 0 Å². The van der Waals surface area contributed by atoms with Gasteiger partial charge in [-0.05, 0) is 12.8 Å². The molecule has 1 rings (SSSR count). The Morgan fingerprint density at radius 2 is 2.07 bits per heavy atom. The van der Waals surface area contributed by atoms with Crippen molar-refractivity contribution < 1.29 is 9.59 Å². The van der Waals surface area contributed by atoms with Gasteiger partial charge in [-0.15, -0.1) is 0 Å². The van der Waals surface area contributed by atoms with E-state index in [9.17, 15) is 9.59 Å². The normalized spacial score (nSPS) is 23.4. The minimum Gasteiger partial charge on any atom is -0.342 e. The Kier molecular flexibility index (Phi) is 3.29. The van der Waals surface area contributed by atoms with E-state index in [2.05, 4.69) is 0 Å². The van der Waals surface area contributed by atoms with Crippen LogP contribution in [0.4, 0.5) is 0 Å². The fourth-order valence-corrected chi connectivity index (χ4v) is 1.78. The Labute approximate surface area is 85.5 Å². The van der Waals surface area contributed by atoms with Crippen LogP contribution in [0, 0.1) is 11.3 Å². The van der Waals surface area contributed by atoms with Crippen LogP contribution in [-0.2, 0) is 9.59 Å². The standard InChI is InChI=1S/C11H19NO2/c1-11(2,3)10(14)12-6-4-5-9(7-12)8-13/h8-9H,4-7H2,1-3H3. The first-order chi connectivity index (χ1) is 6.45. The summed E-state index contributed by atoms with van der Waals surface area (Å²) in [7, 11) is 0. The number of amides is 1. The lowest BCUT2D eigenvalue weighted by molar-refractivity contribution is -0.141. The summed E-state index contributed by atoms with van der Waals surface area (Å²) in [6.07, 6.45) is 2.85. The Morgan fingerprint density at radius 1 is 1.43 bits per heavy atom. The number of hydrogen-bond donors (Lipinski definition) is 0. The van der Waals surface area contributed by atoms with Gasteiger partial charge in [0.15, 0.2) is 0 Å². The number of rotatable bonds is 1. The van der Waals surface area contributed by atoms with E-state index in [-0.39, 0.29) is 17.2 Å². The van der Waals surface area contributed by atoms with Gasteiger partial charge in [-0.1, -0.05) is 20.8 Å². The number of nitrogens with zero attached hydrogens (tertiary/aromatic N) is 1. The zero-order valence-electron chi connectivity index (χ0n) is 9.25. The van der Waals surface area contributed by atoms with Gasteiger partial charge in [0.25, 0.3) is 0 Å². The van der Waals surface area contributed by atoms with Crippen molar-refractivity contribution in [2.75, 3.05) is 13.1 Å². The number of hydrogen-bond acceptors (Lipinski definition) is 2. The SMILES string of the molecule is CC(C)(C)C(=O)N1CCCC(C=O)C1. The first-order valence-electron chi connectivity index (χ1n) is 5.20. The van der Waals surface area contributed by atoms with E-state index in [4.69, 9.17) is 0 Å². The molecule has 0 spiro atoms. The molecule has 1 aliphatic rings. The van der Waals surface area contributed by atoms with E-state index in [1.807, 2.05) is 25.7 Å². The molecule has 0 bridgehead atoms. The first-order valence-corrected chi connectivity index (χ1v) is 5.20. The van der Waals surface area contributed by atoms with Gasteiger partial charge < -0.3 is 9.69 Å². The maximum Gasteiger partial charge on any atom is 0.227 e. The third-order valence-electron chi connectivity index (χ3n) is 2.58. The van der Waals surface area contributed by atoms with Crippen LogP contribution in [0.25, 0.3) is 0 Å². The van der Waals surface area contributed by atoms with Gasteiger partial charge in [-0.25, -0.2) is 0 Å². The summed E-state index contributed by atoms with van der Waals surface area (Å²) in [5.74, 6) is 0.208. The van der Waals surface area contributed by atoms with Gasteiger partial charge in [0.2, 0.25) is 5.91 Å². The molecule has 0 aromatic rings. The highest BCUT2D eigenvalue weighted by Crippen LogP contribution is 2.22. The molecule has 1 unspecified atom stereocenters. The third kappa shape index (κ3) is 2.56. The molecule has 0 aromatic heterocycles. The maximum atomic E-state index is 11.9. The number of carbonyl (C=O) groups is 2. The molecule has 0 aliphatic carbocycles. The fourth-order valence-electron chi connectivity index (χ4n) is 1.78. The van der Waals surface area contributed by atoms with Crippen LogP contribution in [0.5, 0.6) is 0 Å². The topological polar surface area (TPSA) is 37.4 Å². The first kappa shape index (κ1) is 11.2. The van der Waals surface area contributed by atoms with Gasteiger partial charge in [-0.2, -0.15) is 0 Å². The predicted molar refractivity (Wildman–Crippen MR) is 54.8 cm³/mol. The molecule has 1 atom stereocenters. The van der Waals surface area contributed by atoms with Crippen molar-refractivity contribution in [2.45, 2.75) is 33.6 Å². The number of piperidine rings is 1. The lowest BCUT2D eigenvalue weighted by Gasteiger charge is -2.34. The summed E-state index contributed by atoms with van der Waals surface area (Å²) >= 11 is 0. The highest BCUT2D eigenvalue weighted by Gasteiger charge is 2.30. The van der Waals surface area contributed by atoms with E-state index >= 15 is 0 Å². The van der Waals surface area contributed by atoms with E-state index in [0.29, 0.717) is 6.54 Å². The highest BCUT2D eigenvalue weighted by molar-refractivity contribution is 5.82. The van der Waals surface area contributed by atoms with Crippen molar-refractivity contribution >= 4 is 12.2 Å². The lowest BCUT2D eigenvalue weighted by atomic mass is 9.91. The summed E-state index contributed by atoms with van der Waals surface area (Å²) in [6.45, 7) is 7.17. The van der Waals surface area contributed by atoms with Crippen LogP contribution in [0.1, 0.15) is 33.6 Å². The molecule has 3 nitrogen and oxygen atoms in total. The van der Waals surface area contributed by atoms with Crippen molar-refractivity contribution in [2.24, 2.45) is 11.3 Å². The second kappa shape index (κ2) is 4.11. The third-order valence-corrected chi connectivity index (χ3v) is 2.58. The fraction of sp³-hybridized carbons (Fsp3) is 0.818. The molecule has 0 aromatic carbocycles. The monoisotopic (exact) mass is 197 g/mol. The summed E-state index contributed by atoms with van der Waals surface area (Å²) in [4.78, 5) is 24.4. The van der Waals surface area contributed by atoms with Crippen molar-refractivity contribution in [3.8, 4) is 0 Å². The molecule has 0 saturated carbocycles. The molecular formula is C11H19NO2. The zero-order chi connectivity index (χ0) is 10.8. The molecule has 80 valence electrons. The quantitative estimate of drug-likeness (QED) is 0.597. The number of carbonyl (C=O) groups excluding carboxylic acids is 2. The van der Waals surface area contributed by atoms with Crippen LogP contribution < -0.4 is 0 Å². The molecule has 14 heavy (non-hydrogen) atoms. The minimum absolute atomic E-state index is 0.0510. The summed E-state index contributed by atoms with van der Waals surface area (Å²) < 4.78 is 0. The molecular weight excluding hydrogens is 178 g/mol. The minimum atomic E-state index is -0.329. The predicted octanol–water partition coefficient (Wildman–Crippen LogP) is 1.47. The Balaban J connectivity index is 2.60. The van der Waals surface area contributed by atoms with E-state index in [0.717, 1.165) is 25.7 Å². The Morgan fingerprint density at radius 3 is 2.57 bits per heavy atom. The van der Waals surface area contributed by atoms with Gasteiger partial charge in [0.1, 0.15) is 6.29 Å². The molecule has 1 aliphatic heterocycles. The average Bonchev–Trinajstić information content (AvgIpc) is 2.15. The number of likely N-dealkylation sites (tertiary alicyclic amines) is 1. The molecule has 1 fully saturated rings. The lowest BCUT2D eigenvalue weighted by Crippen LogP contribution is -2.45. The molecule has 1 saturated heterocycles. The summed E-state index contributed by atoms with van der Waals surface area (Å²) in [6, 6.07) is 0.